The molecule has 0 aliphatic heterocycles. The lowest BCUT2D eigenvalue weighted by Crippen LogP contribution is -2.26. The Bertz CT molecular complexity index is 528. The zero-order valence-corrected chi connectivity index (χ0v) is 14.4. The van der Waals surface area contributed by atoms with Gasteiger partial charge in [-0.15, -0.1) is 0 Å². The molecule has 0 radical (unpaired) electrons. The highest BCUT2D eigenvalue weighted by atomic mass is 32.2. The van der Waals surface area contributed by atoms with E-state index in [0.717, 1.165) is 35.8 Å². The van der Waals surface area contributed by atoms with Gasteiger partial charge in [-0.05, 0) is 32.6 Å². The van der Waals surface area contributed by atoms with Crippen molar-refractivity contribution in [3.8, 4) is 0 Å². The predicted molar refractivity (Wildman–Crippen MR) is 88.9 cm³/mol. The molecule has 0 aliphatic carbocycles. The topological polar surface area (TPSA) is 88.8 Å². The molecule has 1 heterocycles. The summed E-state index contributed by atoms with van der Waals surface area (Å²) < 4.78 is 5.83. The maximum Gasteiger partial charge on any atom is 0.274 e. The number of furan rings is 1. The van der Waals surface area contributed by atoms with Crippen LogP contribution in [0.4, 0.5) is 0 Å². The number of hydrogen-bond donors (Lipinski definition) is 1. The number of nitrogens with two attached hydrogens (primary N) is 1. The highest BCUT2D eigenvalue weighted by Gasteiger charge is 2.09. The van der Waals surface area contributed by atoms with Crippen LogP contribution in [0.15, 0.2) is 22.5 Å². The second kappa shape index (κ2) is 8.70. The highest BCUT2D eigenvalue weighted by molar-refractivity contribution is 7.98. The third-order valence-corrected chi connectivity index (χ3v) is 3.99. The van der Waals surface area contributed by atoms with Gasteiger partial charge in [0.15, 0.2) is 5.82 Å². The highest BCUT2D eigenvalue weighted by Crippen LogP contribution is 2.20. The molecule has 0 unspecified atom stereocenters. The first-order chi connectivity index (χ1) is 10.3. The van der Waals surface area contributed by atoms with Gasteiger partial charge >= 0.3 is 0 Å². The number of rotatable bonds is 9. The van der Waals surface area contributed by atoms with Crippen molar-refractivity contribution in [3.05, 3.63) is 45.3 Å². The van der Waals surface area contributed by atoms with E-state index in [1.54, 1.807) is 23.7 Å². The molecule has 0 aliphatic rings. The summed E-state index contributed by atoms with van der Waals surface area (Å²) in [5, 5.41) is 10.3. The van der Waals surface area contributed by atoms with Crippen LogP contribution in [-0.2, 0) is 12.3 Å². The summed E-state index contributed by atoms with van der Waals surface area (Å²) in [7, 11) is 5.76. The standard InChI is InChI=1S/C14H24N4O3S/c1-11-7-12(21-13(11)8-16(2)3)10-22-6-5-17(4)14(15)9-18(19)20/h7,9H,5-6,8,10,15H2,1-4H3/b14-9+. The first-order valence-corrected chi connectivity index (χ1v) is 8.07. The Labute approximate surface area is 135 Å². The molecular formula is C14H24N4O3S. The Hall–Kier alpha value is -1.67. The fraction of sp³-hybridized carbons (Fsp3) is 0.571. The van der Waals surface area contributed by atoms with Crippen LogP contribution in [0.1, 0.15) is 17.1 Å². The van der Waals surface area contributed by atoms with E-state index in [9.17, 15) is 10.1 Å². The van der Waals surface area contributed by atoms with Crippen LogP contribution in [0.3, 0.4) is 0 Å². The summed E-state index contributed by atoms with van der Waals surface area (Å²) in [6.07, 6.45) is 0.814. The third kappa shape index (κ3) is 6.40. The number of nitro groups is 1. The molecule has 22 heavy (non-hydrogen) atoms. The van der Waals surface area contributed by atoms with E-state index in [-0.39, 0.29) is 5.82 Å². The average Bonchev–Trinajstić information content (AvgIpc) is 2.73. The maximum absolute atomic E-state index is 10.3. The van der Waals surface area contributed by atoms with Gasteiger partial charge in [-0.25, -0.2) is 0 Å². The van der Waals surface area contributed by atoms with Crippen molar-refractivity contribution in [1.29, 1.82) is 0 Å². The largest absolute Gasteiger partial charge is 0.464 e. The van der Waals surface area contributed by atoms with Crippen molar-refractivity contribution < 1.29 is 9.34 Å². The molecule has 0 bridgehead atoms. The molecule has 0 atom stereocenters. The predicted octanol–water partition coefficient (Wildman–Crippen LogP) is 1.85. The van der Waals surface area contributed by atoms with E-state index in [1.165, 1.54) is 5.56 Å². The summed E-state index contributed by atoms with van der Waals surface area (Å²) in [6, 6.07) is 2.07. The lowest BCUT2D eigenvalue weighted by Gasteiger charge is -2.16. The van der Waals surface area contributed by atoms with Gasteiger partial charge in [0.1, 0.15) is 11.5 Å². The van der Waals surface area contributed by atoms with E-state index >= 15 is 0 Å². The minimum absolute atomic E-state index is 0.160. The van der Waals surface area contributed by atoms with Crippen molar-refractivity contribution in [2.45, 2.75) is 19.2 Å². The van der Waals surface area contributed by atoms with Gasteiger partial charge < -0.3 is 20.0 Å². The number of aryl methyl sites for hydroxylation is 1. The van der Waals surface area contributed by atoms with Gasteiger partial charge in [-0.3, -0.25) is 10.1 Å². The lowest BCUT2D eigenvalue weighted by atomic mass is 10.2. The van der Waals surface area contributed by atoms with Gasteiger partial charge in [0.05, 0.1) is 17.2 Å². The molecule has 0 aromatic carbocycles. The van der Waals surface area contributed by atoms with E-state index in [4.69, 9.17) is 10.2 Å². The Morgan fingerprint density at radius 1 is 1.50 bits per heavy atom. The van der Waals surface area contributed by atoms with Crippen molar-refractivity contribution in [1.82, 2.24) is 9.80 Å². The normalized spacial score (nSPS) is 12.0. The maximum atomic E-state index is 10.3. The lowest BCUT2D eigenvalue weighted by molar-refractivity contribution is -0.404. The van der Waals surface area contributed by atoms with E-state index < -0.39 is 4.92 Å². The molecule has 2 N–H and O–H groups in total. The quantitative estimate of drug-likeness (QED) is 0.420. The zero-order chi connectivity index (χ0) is 16.7. The van der Waals surface area contributed by atoms with E-state index in [1.807, 2.05) is 21.0 Å². The van der Waals surface area contributed by atoms with Gasteiger partial charge in [-0.2, -0.15) is 11.8 Å². The molecule has 7 nitrogen and oxygen atoms in total. The summed E-state index contributed by atoms with van der Waals surface area (Å²) in [5.41, 5.74) is 6.76. The molecule has 124 valence electrons. The number of hydrogen-bond acceptors (Lipinski definition) is 7. The Morgan fingerprint density at radius 3 is 2.77 bits per heavy atom. The monoisotopic (exact) mass is 328 g/mol. The van der Waals surface area contributed by atoms with Crippen molar-refractivity contribution in [2.75, 3.05) is 33.4 Å². The van der Waals surface area contributed by atoms with Crippen molar-refractivity contribution in [2.24, 2.45) is 5.73 Å². The van der Waals surface area contributed by atoms with Crippen LogP contribution >= 0.6 is 11.8 Å². The number of thioether (sulfide) groups is 1. The first kappa shape index (κ1) is 18.4. The van der Waals surface area contributed by atoms with Crippen LogP contribution in [-0.4, -0.2) is 48.2 Å². The zero-order valence-electron chi connectivity index (χ0n) is 13.5. The minimum Gasteiger partial charge on any atom is -0.464 e. The molecule has 0 saturated carbocycles. The first-order valence-electron chi connectivity index (χ1n) is 6.92. The van der Waals surface area contributed by atoms with Crippen LogP contribution in [0, 0.1) is 17.0 Å². The molecule has 0 spiro atoms. The molecular weight excluding hydrogens is 304 g/mol. The SMILES string of the molecule is Cc1cc(CSCCN(C)/C(N)=C/[N+](=O)[O-])oc1CN(C)C. The van der Waals surface area contributed by atoms with Crippen LogP contribution in [0.5, 0.6) is 0 Å². The van der Waals surface area contributed by atoms with E-state index in [0.29, 0.717) is 6.54 Å². The Morgan fingerprint density at radius 2 is 2.18 bits per heavy atom. The Balaban J connectivity index is 2.37. The molecule has 0 saturated heterocycles. The van der Waals surface area contributed by atoms with Crippen LogP contribution in [0.25, 0.3) is 0 Å². The molecule has 1 aromatic rings. The van der Waals surface area contributed by atoms with Crippen LogP contribution in [0.2, 0.25) is 0 Å². The van der Waals surface area contributed by atoms with Gasteiger partial charge in [-0.1, -0.05) is 0 Å². The van der Waals surface area contributed by atoms with Gasteiger partial charge in [0.25, 0.3) is 6.20 Å². The Kier molecular flexibility index (Phi) is 7.26. The minimum atomic E-state index is -0.545. The molecule has 1 aromatic heterocycles. The van der Waals surface area contributed by atoms with Gasteiger partial charge in [0, 0.05) is 19.3 Å². The van der Waals surface area contributed by atoms with Crippen LogP contribution < -0.4 is 5.73 Å². The molecule has 0 fully saturated rings. The summed E-state index contributed by atoms with van der Waals surface area (Å²) in [5.74, 6) is 3.70. The van der Waals surface area contributed by atoms with Crippen molar-refractivity contribution >= 4 is 11.8 Å². The molecule has 0 amide bonds. The summed E-state index contributed by atoms with van der Waals surface area (Å²) in [4.78, 5) is 13.5. The fourth-order valence-corrected chi connectivity index (χ4v) is 2.71. The fourth-order valence-electron chi connectivity index (χ4n) is 1.82. The van der Waals surface area contributed by atoms with Crippen molar-refractivity contribution in [3.63, 3.8) is 0 Å². The number of nitrogens with zero attached hydrogens (tertiary/aromatic N) is 3. The molecule has 8 heteroatoms. The average molecular weight is 328 g/mol. The summed E-state index contributed by atoms with van der Waals surface area (Å²) in [6.45, 7) is 3.49. The second-order valence-corrected chi connectivity index (χ2v) is 6.48. The van der Waals surface area contributed by atoms with E-state index in [2.05, 4.69) is 11.0 Å². The molecule has 1 rings (SSSR count). The smallest absolute Gasteiger partial charge is 0.274 e. The summed E-state index contributed by atoms with van der Waals surface area (Å²) >= 11 is 1.71. The van der Waals surface area contributed by atoms with Gasteiger partial charge in [0.2, 0.25) is 0 Å². The third-order valence-electron chi connectivity index (χ3n) is 3.03. The second-order valence-electron chi connectivity index (χ2n) is 5.37.